The highest BCUT2D eigenvalue weighted by molar-refractivity contribution is 5.67. The van der Waals surface area contributed by atoms with Crippen molar-refractivity contribution < 1.29 is 9.53 Å². The molecule has 2 aliphatic rings. The Morgan fingerprint density at radius 3 is 2.59 bits per heavy atom. The highest BCUT2D eigenvalue weighted by Crippen LogP contribution is 2.54. The van der Waals surface area contributed by atoms with Gasteiger partial charge in [-0.1, -0.05) is 12.8 Å². The van der Waals surface area contributed by atoms with E-state index in [-0.39, 0.29) is 12.2 Å². The lowest BCUT2D eigenvalue weighted by atomic mass is 9.56. The molecule has 0 atom stereocenters. The molecular formula is C22H35N3O2. The van der Waals surface area contributed by atoms with Gasteiger partial charge in [0.2, 0.25) is 0 Å². The van der Waals surface area contributed by atoms with Crippen LogP contribution in [-0.4, -0.2) is 40.2 Å². The van der Waals surface area contributed by atoms with E-state index in [1.807, 2.05) is 31.9 Å². The molecule has 5 heteroatoms. The van der Waals surface area contributed by atoms with E-state index in [0.29, 0.717) is 5.41 Å². The number of aromatic nitrogens is 2. The monoisotopic (exact) mass is 373 g/mol. The number of carbonyl (C=O) groups is 1. The van der Waals surface area contributed by atoms with Gasteiger partial charge in [0, 0.05) is 19.3 Å². The maximum atomic E-state index is 12.0. The zero-order valence-corrected chi connectivity index (χ0v) is 17.5. The highest BCUT2D eigenvalue weighted by Gasteiger charge is 2.45. The van der Waals surface area contributed by atoms with Gasteiger partial charge in [-0.3, -0.25) is 9.97 Å². The van der Waals surface area contributed by atoms with Crippen LogP contribution in [0.25, 0.3) is 0 Å². The zero-order valence-electron chi connectivity index (χ0n) is 17.5. The molecule has 0 unspecified atom stereocenters. The number of likely N-dealkylation sites (tertiary alicyclic amines) is 1. The van der Waals surface area contributed by atoms with Crippen LogP contribution in [0.1, 0.15) is 75.9 Å². The molecule has 5 nitrogen and oxygen atoms in total. The first-order chi connectivity index (χ1) is 12.9. The highest BCUT2D eigenvalue weighted by atomic mass is 16.6. The molecule has 0 N–H and O–H groups in total. The van der Waals surface area contributed by atoms with Crippen LogP contribution in [0.4, 0.5) is 4.79 Å². The summed E-state index contributed by atoms with van der Waals surface area (Å²) in [7, 11) is 0. The Morgan fingerprint density at radius 2 is 1.96 bits per heavy atom. The molecule has 0 aromatic carbocycles. The zero-order chi connectivity index (χ0) is 19.4. The number of ether oxygens (including phenoxy) is 1. The summed E-state index contributed by atoms with van der Waals surface area (Å²) in [5.74, 6) is 0.879. The molecule has 1 saturated carbocycles. The fraction of sp³-hybridized carbons (Fsp3) is 0.773. The smallest absolute Gasteiger partial charge is 0.410 e. The van der Waals surface area contributed by atoms with E-state index in [1.165, 1.54) is 32.1 Å². The number of rotatable bonds is 6. The predicted octanol–water partition coefficient (Wildman–Crippen LogP) is 4.84. The Morgan fingerprint density at radius 1 is 1.26 bits per heavy atom. The van der Waals surface area contributed by atoms with Crippen LogP contribution in [0.2, 0.25) is 0 Å². The van der Waals surface area contributed by atoms with Crippen LogP contribution in [0.3, 0.4) is 0 Å². The number of nitrogens with zero attached hydrogens (tertiary/aromatic N) is 3. The van der Waals surface area contributed by atoms with Gasteiger partial charge in [0.05, 0.1) is 23.2 Å². The molecule has 2 heterocycles. The summed E-state index contributed by atoms with van der Waals surface area (Å²) in [5, 5.41) is 0. The number of hydrogen-bond acceptors (Lipinski definition) is 4. The van der Waals surface area contributed by atoms with E-state index in [4.69, 9.17) is 4.74 Å². The van der Waals surface area contributed by atoms with Gasteiger partial charge in [0.1, 0.15) is 0 Å². The summed E-state index contributed by atoms with van der Waals surface area (Å²) in [6.07, 6.45) is 11.6. The third-order valence-corrected chi connectivity index (χ3v) is 6.31. The second-order valence-corrected chi connectivity index (χ2v) is 8.98. The minimum atomic E-state index is -0.134. The summed E-state index contributed by atoms with van der Waals surface area (Å²) in [6.45, 7) is 9.61. The van der Waals surface area contributed by atoms with Gasteiger partial charge in [0.25, 0.3) is 0 Å². The van der Waals surface area contributed by atoms with Gasteiger partial charge in [0.15, 0.2) is 0 Å². The number of carbonyl (C=O) groups excluding carboxylic acids is 1. The summed E-state index contributed by atoms with van der Waals surface area (Å²) in [4.78, 5) is 22.9. The van der Waals surface area contributed by atoms with Crippen LogP contribution < -0.4 is 0 Å². The van der Waals surface area contributed by atoms with Crippen LogP contribution in [0.5, 0.6) is 0 Å². The van der Waals surface area contributed by atoms with E-state index >= 15 is 0 Å². The maximum absolute atomic E-state index is 12.0. The lowest BCUT2D eigenvalue weighted by Gasteiger charge is -2.52. The topological polar surface area (TPSA) is 55.3 Å². The Balaban J connectivity index is 1.32. The van der Waals surface area contributed by atoms with E-state index in [9.17, 15) is 4.79 Å². The standard InChI is InChI=1S/C22H35N3O2/c1-16(2)27-21(26)25-11-9-22(10-12-25)13-19(14-22)7-5-6-8-20-18(4)24-17(3)15-23-20/h15-16,19H,5-14H2,1-4H3. The van der Waals surface area contributed by atoms with Gasteiger partial charge in [-0.2, -0.15) is 0 Å². The van der Waals surface area contributed by atoms with Crippen molar-refractivity contribution in [3.63, 3.8) is 0 Å². The lowest BCUT2D eigenvalue weighted by molar-refractivity contribution is -0.0196. The molecule has 1 aromatic rings. The largest absolute Gasteiger partial charge is 0.447 e. The Labute approximate surface area is 163 Å². The van der Waals surface area contributed by atoms with E-state index in [1.54, 1.807) is 0 Å². The first-order valence-corrected chi connectivity index (χ1v) is 10.6. The van der Waals surface area contributed by atoms with Crippen molar-refractivity contribution in [3.05, 3.63) is 23.3 Å². The SMILES string of the molecule is Cc1cnc(CCCCC2CC3(CCN(C(=O)OC(C)C)CC3)C2)c(C)n1. The van der Waals surface area contributed by atoms with Crippen LogP contribution in [0, 0.1) is 25.2 Å². The van der Waals surface area contributed by atoms with Crippen molar-refractivity contribution in [2.45, 2.75) is 85.2 Å². The fourth-order valence-electron chi connectivity index (χ4n) is 4.81. The summed E-state index contributed by atoms with van der Waals surface area (Å²) >= 11 is 0. The molecule has 1 spiro atoms. The maximum Gasteiger partial charge on any atom is 0.410 e. The lowest BCUT2D eigenvalue weighted by Crippen LogP contribution is -2.49. The molecule has 1 aromatic heterocycles. The van der Waals surface area contributed by atoms with Gasteiger partial charge >= 0.3 is 6.09 Å². The van der Waals surface area contributed by atoms with Crippen LogP contribution >= 0.6 is 0 Å². The predicted molar refractivity (Wildman–Crippen MR) is 107 cm³/mol. The van der Waals surface area contributed by atoms with Crippen LogP contribution in [0.15, 0.2) is 6.20 Å². The quantitative estimate of drug-likeness (QED) is 0.669. The van der Waals surface area contributed by atoms with Gasteiger partial charge in [-0.15, -0.1) is 0 Å². The minimum Gasteiger partial charge on any atom is -0.447 e. The average molecular weight is 374 g/mol. The number of aryl methyl sites for hydroxylation is 3. The molecule has 1 aliphatic heterocycles. The fourth-order valence-corrected chi connectivity index (χ4v) is 4.81. The summed E-state index contributed by atoms with van der Waals surface area (Å²) in [6, 6.07) is 0. The third-order valence-electron chi connectivity index (χ3n) is 6.31. The summed E-state index contributed by atoms with van der Waals surface area (Å²) in [5.41, 5.74) is 3.75. The van der Waals surface area contributed by atoms with E-state index < -0.39 is 0 Å². The van der Waals surface area contributed by atoms with E-state index in [0.717, 1.165) is 55.4 Å². The van der Waals surface area contributed by atoms with E-state index in [2.05, 4.69) is 16.9 Å². The first-order valence-electron chi connectivity index (χ1n) is 10.6. The number of amides is 1. The normalized spacial score (nSPS) is 19.4. The van der Waals surface area contributed by atoms with Crippen LogP contribution in [-0.2, 0) is 11.2 Å². The molecule has 2 fully saturated rings. The molecule has 1 saturated heterocycles. The number of piperidine rings is 1. The molecule has 150 valence electrons. The molecule has 0 radical (unpaired) electrons. The Bertz CT molecular complexity index is 643. The van der Waals surface area contributed by atoms with Gasteiger partial charge in [-0.05, 0) is 77.6 Å². The van der Waals surface area contributed by atoms with Crippen molar-refractivity contribution in [2.75, 3.05) is 13.1 Å². The second-order valence-electron chi connectivity index (χ2n) is 8.98. The molecule has 27 heavy (non-hydrogen) atoms. The summed E-state index contributed by atoms with van der Waals surface area (Å²) < 4.78 is 5.32. The second kappa shape index (κ2) is 8.57. The molecule has 1 amide bonds. The van der Waals surface area contributed by atoms with Crippen molar-refractivity contribution in [2.24, 2.45) is 11.3 Å². The Hall–Kier alpha value is -1.65. The van der Waals surface area contributed by atoms with Crippen molar-refractivity contribution in [3.8, 4) is 0 Å². The number of hydrogen-bond donors (Lipinski definition) is 0. The molecule has 0 bridgehead atoms. The Kier molecular flexibility index (Phi) is 6.38. The number of unbranched alkanes of at least 4 members (excludes halogenated alkanes) is 1. The third kappa shape index (κ3) is 5.20. The van der Waals surface area contributed by atoms with Crippen molar-refractivity contribution in [1.29, 1.82) is 0 Å². The molecule has 3 rings (SSSR count). The van der Waals surface area contributed by atoms with Gasteiger partial charge < -0.3 is 9.64 Å². The average Bonchev–Trinajstić information content (AvgIpc) is 2.58. The minimum absolute atomic E-state index is 0.0313. The van der Waals surface area contributed by atoms with Gasteiger partial charge in [-0.25, -0.2) is 4.79 Å². The molecule has 1 aliphatic carbocycles. The van der Waals surface area contributed by atoms with Crippen molar-refractivity contribution >= 4 is 6.09 Å². The molecular weight excluding hydrogens is 338 g/mol. The van der Waals surface area contributed by atoms with Crippen molar-refractivity contribution in [1.82, 2.24) is 14.9 Å². The first kappa shape index (κ1) is 20.1.